The van der Waals surface area contributed by atoms with Crippen LogP contribution in [0.15, 0.2) is 24.3 Å². The molecular formula is C13H23NO. The molecule has 2 N–H and O–H groups in total. The molecule has 15 heavy (non-hydrogen) atoms. The first kappa shape index (κ1) is 14.1. The number of hydrogen-bond donors (Lipinski definition) is 2. The Morgan fingerprint density at radius 1 is 1.13 bits per heavy atom. The zero-order valence-electron chi connectivity index (χ0n) is 10.5. The van der Waals surface area contributed by atoms with Gasteiger partial charge in [-0.05, 0) is 32.0 Å². The minimum atomic E-state index is -0.738. The molecule has 0 aliphatic rings. The van der Waals surface area contributed by atoms with Gasteiger partial charge in [-0.15, -0.1) is 0 Å². The molecule has 2 heteroatoms. The molecule has 0 bridgehead atoms. The van der Waals surface area contributed by atoms with Crippen LogP contribution in [0.4, 0.5) is 0 Å². The van der Waals surface area contributed by atoms with Gasteiger partial charge in [0.25, 0.3) is 0 Å². The van der Waals surface area contributed by atoms with E-state index >= 15 is 0 Å². The van der Waals surface area contributed by atoms with Crippen LogP contribution in [0.1, 0.15) is 38.8 Å². The molecule has 0 aromatic heterocycles. The van der Waals surface area contributed by atoms with Crippen molar-refractivity contribution in [2.75, 3.05) is 7.05 Å². The molecule has 0 saturated carbocycles. The van der Waals surface area contributed by atoms with E-state index in [9.17, 15) is 5.11 Å². The summed E-state index contributed by atoms with van der Waals surface area (Å²) in [6, 6.07) is 7.99. The normalized spacial score (nSPS) is 10.5. The van der Waals surface area contributed by atoms with Crippen molar-refractivity contribution in [3.05, 3.63) is 35.4 Å². The number of nitrogens with one attached hydrogen (secondary N) is 1. The highest BCUT2D eigenvalue weighted by Crippen LogP contribution is 2.19. The summed E-state index contributed by atoms with van der Waals surface area (Å²) in [5, 5.41) is 12.8. The lowest BCUT2D eigenvalue weighted by molar-refractivity contribution is 0.0786. The fraction of sp³-hybridized carbons (Fsp3) is 0.538. The van der Waals surface area contributed by atoms with Crippen LogP contribution < -0.4 is 5.32 Å². The van der Waals surface area contributed by atoms with E-state index in [1.54, 1.807) is 13.8 Å². The zero-order chi connectivity index (χ0) is 11.9. The van der Waals surface area contributed by atoms with Crippen molar-refractivity contribution in [3.8, 4) is 0 Å². The largest absolute Gasteiger partial charge is 0.386 e. The first-order valence-electron chi connectivity index (χ1n) is 5.50. The van der Waals surface area contributed by atoms with Crippen LogP contribution in [-0.4, -0.2) is 12.2 Å². The van der Waals surface area contributed by atoms with Gasteiger partial charge in [0, 0.05) is 6.54 Å². The van der Waals surface area contributed by atoms with E-state index in [-0.39, 0.29) is 0 Å². The Morgan fingerprint density at radius 2 is 1.60 bits per heavy atom. The number of aliphatic hydroxyl groups is 1. The van der Waals surface area contributed by atoms with E-state index in [4.69, 9.17) is 0 Å². The Bertz CT molecular complexity index is 259. The van der Waals surface area contributed by atoms with Gasteiger partial charge in [0.2, 0.25) is 0 Å². The van der Waals surface area contributed by atoms with Crippen LogP contribution in [0.25, 0.3) is 0 Å². The smallest absolute Gasteiger partial charge is 0.0840 e. The average Bonchev–Trinajstić information content (AvgIpc) is 2.21. The van der Waals surface area contributed by atoms with Gasteiger partial charge in [0.05, 0.1) is 5.60 Å². The van der Waals surface area contributed by atoms with E-state index in [0.717, 1.165) is 12.1 Å². The second-order valence-electron chi connectivity index (χ2n) is 3.79. The highest BCUT2D eigenvalue weighted by molar-refractivity contribution is 5.26. The van der Waals surface area contributed by atoms with Gasteiger partial charge in [-0.3, -0.25) is 0 Å². The van der Waals surface area contributed by atoms with Gasteiger partial charge in [0.1, 0.15) is 0 Å². The van der Waals surface area contributed by atoms with Crippen LogP contribution >= 0.6 is 0 Å². The standard InChI is InChI=1S/C11H17NO.C2H6/c1-11(2,13)10-6-4-9(5-7-10)8-12-3;1-2/h4-7,12-13H,8H2,1-3H3;1-2H3. The molecule has 0 fully saturated rings. The summed E-state index contributed by atoms with van der Waals surface area (Å²) < 4.78 is 0. The predicted octanol–water partition coefficient (Wildman–Crippen LogP) is 2.66. The van der Waals surface area contributed by atoms with E-state index in [1.807, 2.05) is 45.2 Å². The third-order valence-corrected chi connectivity index (χ3v) is 2.04. The third kappa shape index (κ3) is 4.96. The molecule has 0 aliphatic heterocycles. The second kappa shape index (κ2) is 6.59. The van der Waals surface area contributed by atoms with Crippen molar-refractivity contribution in [1.29, 1.82) is 0 Å². The zero-order valence-corrected chi connectivity index (χ0v) is 10.5. The highest BCUT2D eigenvalue weighted by Gasteiger charge is 2.14. The van der Waals surface area contributed by atoms with Crippen molar-refractivity contribution in [2.45, 2.75) is 39.8 Å². The molecular weight excluding hydrogens is 186 g/mol. The van der Waals surface area contributed by atoms with Crippen LogP contribution in [0.5, 0.6) is 0 Å². The maximum Gasteiger partial charge on any atom is 0.0840 e. The Balaban J connectivity index is 0.000000921. The molecule has 0 amide bonds. The molecule has 0 heterocycles. The van der Waals surface area contributed by atoms with E-state index < -0.39 is 5.60 Å². The Labute approximate surface area is 93.3 Å². The first-order chi connectivity index (χ1) is 7.04. The first-order valence-corrected chi connectivity index (χ1v) is 5.50. The lowest BCUT2D eigenvalue weighted by Crippen LogP contribution is -2.15. The van der Waals surface area contributed by atoms with Gasteiger partial charge in [-0.1, -0.05) is 38.1 Å². The average molecular weight is 209 g/mol. The van der Waals surface area contributed by atoms with Crippen LogP contribution in [0.3, 0.4) is 0 Å². The Hall–Kier alpha value is -0.860. The van der Waals surface area contributed by atoms with Crippen molar-refractivity contribution < 1.29 is 5.11 Å². The maximum atomic E-state index is 9.69. The van der Waals surface area contributed by atoms with Crippen molar-refractivity contribution in [2.24, 2.45) is 0 Å². The number of benzene rings is 1. The molecule has 1 rings (SSSR count). The monoisotopic (exact) mass is 209 g/mol. The maximum absolute atomic E-state index is 9.69. The summed E-state index contributed by atoms with van der Waals surface area (Å²) in [5.41, 5.74) is 1.45. The van der Waals surface area contributed by atoms with Gasteiger partial charge in [-0.2, -0.15) is 0 Å². The summed E-state index contributed by atoms with van der Waals surface area (Å²) in [4.78, 5) is 0. The minimum absolute atomic E-state index is 0.738. The molecule has 0 saturated heterocycles. The lowest BCUT2D eigenvalue weighted by atomic mass is 9.97. The fourth-order valence-corrected chi connectivity index (χ4v) is 1.23. The highest BCUT2D eigenvalue weighted by atomic mass is 16.3. The molecule has 1 aromatic rings. The molecule has 0 unspecified atom stereocenters. The Kier molecular flexibility index (Phi) is 6.21. The fourth-order valence-electron chi connectivity index (χ4n) is 1.23. The molecule has 1 aromatic carbocycles. The molecule has 0 spiro atoms. The summed E-state index contributed by atoms with van der Waals surface area (Å²) >= 11 is 0. The lowest BCUT2D eigenvalue weighted by Gasteiger charge is -2.17. The van der Waals surface area contributed by atoms with Crippen LogP contribution in [-0.2, 0) is 12.1 Å². The third-order valence-electron chi connectivity index (χ3n) is 2.04. The van der Waals surface area contributed by atoms with Gasteiger partial charge in [-0.25, -0.2) is 0 Å². The van der Waals surface area contributed by atoms with Gasteiger partial charge >= 0.3 is 0 Å². The topological polar surface area (TPSA) is 32.3 Å². The molecule has 0 radical (unpaired) electrons. The summed E-state index contributed by atoms with van der Waals surface area (Å²) in [5.74, 6) is 0. The van der Waals surface area contributed by atoms with Gasteiger partial charge < -0.3 is 10.4 Å². The SMILES string of the molecule is CC.CNCc1ccc(C(C)(C)O)cc1. The van der Waals surface area contributed by atoms with E-state index in [0.29, 0.717) is 0 Å². The Morgan fingerprint density at radius 3 is 1.93 bits per heavy atom. The quantitative estimate of drug-likeness (QED) is 0.802. The number of rotatable bonds is 3. The van der Waals surface area contributed by atoms with Gasteiger partial charge in [0.15, 0.2) is 0 Å². The molecule has 0 atom stereocenters. The van der Waals surface area contributed by atoms with Crippen LogP contribution in [0, 0.1) is 0 Å². The van der Waals surface area contributed by atoms with Crippen molar-refractivity contribution in [1.82, 2.24) is 5.32 Å². The molecule has 2 nitrogen and oxygen atoms in total. The predicted molar refractivity (Wildman–Crippen MR) is 65.8 cm³/mol. The summed E-state index contributed by atoms with van der Waals surface area (Å²) in [6.45, 7) is 8.45. The molecule has 0 aliphatic carbocycles. The minimum Gasteiger partial charge on any atom is -0.386 e. The summed E-state index contributed by atoms with van der Waals surface area (Å²) in [7, 11) is 1.92. The van der Waals surface area contributed by atoms with Crippen molar-refractivity contribution in [3.63, 3.8) is 0 Å². The van der Waals surface area contributed by atoms with E-state index in [2.05, 4.69) is 5.32 Å². The van der Waals surface area contributed by atoms with E-state index in [1.165, 1.54) is 5.56 Å². The summed E-state index contributed by atoms with van der Waals surface area (Å²) in [6.07, 6.45) is 0. The van der Waals surface area contributed by atoms with Crippen LogP contribution in [0.2, 0.25) is 0 Å². The second-order valence-corrected chi connectivity index (χ2v) is 3.79. The molecule has 86 valence electrons. The number of hydrogen-bond acceptors (Lipinski definition) is 2. The van der Waals surface area contributed by atoms with Crippen molar-refractivity contribution >= 4 is 0 Å².